The molecule has 0 saturated heterocycles. The molecule has 0 radical (unpaired) electrons. The number of hydrogen-bond acceptors (Lipinski definition) is 3. The van der Waals surface area contributed by atoms with E-state index < -0.39 is 0 Å². The van der Waals surface area contributed by atoms with Crippen LogP contribution in [0.3, 0.4) is 0 Å². The van der Waals surface area contributed by atoms with Gasteiger partial charge in [-0.25, -0.2) is 0 Å². The normalized spacial score (nSPS) is 10.6. The third-order valence-corrected chi connectivity index (χ3v) is 3.31. The van der Waals surface area contributed by atoms with Crippen molar-refractivity contribution in [1.82, 2.24) is 5.32 Å². The fourth-order valence-corrected chi connectivity index (χ4v) is 2.22. The van der Waals surface area contributed by atoms with E-state index in [9.17, 15) is 0 Å². The number of nitrogens with one attached hydrogen (secondary N) is 1. The highest BCUT2D eigenvalue weighted by Gasteiger charge is 2.12. The van der Waals surface area contributed by atoms with Crippen molar-refractivity contribution >= 4 is 0 Å². The van der Waals surface area contributed by atoms with Gasteiger partial charge in [-0.1, -0.05) is 31.2 Å². The summed E-state index contributed by atoms with van der Waals surface area (Å²) >= 11 is 0. The standard InChI is InChI=1S/C17H21NO2/c1-4-18-17(13-5-9-15(19-2)10-6-13)14-7-11-16(20-3)12-8-14/h5-12,17-18H,4H2,1-3H3. The van der Waals surface area contributed by atoms with Gasteiger partial charge in [0, 0.05) is 0 Å². The Kier molecular flexibility index (Phi) is 5.02. The molecule has 0 unspecified atom stereocenters. The van der Waals surface area contributed by atoms with Crippen LogP contribution in [0.1, 0.15) is 24.1 Å². The zero-order valence-corrected chi connectivity index (χ0v) is 12.2. The lowest BCUT2D eigenvalue weighted by atomic mass is 9.98. The van der Waals surface area contributed by atoms with Crippen LogP contribution in [0.2, 0.25) is 0 Å². The second-order valence-corrected chi connectivity index (χ2v) is 4.54. The smallest absolute Gasteiger partial charge is 0.118 e. The van der Waals surface area contributed by atoms with Crippen molar-refractivity contribution in [3.63, 3.8) is 0 Å². The molecular formula is C17H21NO2. The molecule has 0 heterocycles. The molecule has 3 heteroatoms. The van der Waals surface area contributed by atoms with Gasteiger partial charge in [-0.15, -0.1) is 0 Å². The Morgan fingerprint density at radius 3 is 1.50 bits per heavy atom. The summed E-state index contributed by atoms with van der Waals surface area (Å²) in [6.07, 6.45) is 0. The van der Waals surface area contributed by atoms with E-state index in [0.29, 0.717) is 0 Å². The minimum absolute atomic E-state index is 0.178. The van der Waals surface area contributed by atoms with Gasteiger partial charge in [0.15, 0.2) is 0 Å². The van der Waals surface area contributed by atoms with Gasteiger partial charge in [0.25, 0.3) is 0 Å². The molecule has 0 aliphatic rings. The molecule has 1 N–H and O–H groups in total. The maximum absolute atomic E-state index is 5.21. The summed E-state index contributed by atoms with van der Waals surface area (Å²) in [5, 5.41) is 3.51. The molecular weight excluding hydrogens is 250 g/mol. The van der Waals surface area contributed by atoms with Crippen molar-refractivity contribution < 1.29 is 9.47 Å². The van der Waals surface area contributed by atoms with E-state index in [1.165, 1.54) is 11.1 Å². The van der Waals surface area contributed by atoms with Crippen molar-refractivity contribution in [2.45, 2.75) is 13.0 Å². The van der Waals surface area contributed by atoms with Gasteiger partial charge in [-0.05, 0) is 41.9 Å². The van der Waals surface area contributed by atoms with Crippen molar-refractivity contribution in [3.05, 3.63) is 59.7 Å². The van der Waals surface area contributed by atoms with Crippen LogP contribution in [0.15, 0.2) is 48.5 Å². The van der Waals surface area contributed by atoms with Crippen LogP contribution in [-0.2, 0) is 0 Å². The molecule has 0 amide bonds. The van der Waals surface area contributed by atoms with E-state index >= 15 is 0 Å². The van der Waals surface area contributed by atoms with Crippen molar-refractivity contribution in [2.75, 3.05) is 20.8 Å². The van der Waals surface area contributed by atoms with E-state index in [4.69, 9.17) is 9.47 Å². The summed E-state index contributed by atoms with van der Waals surface area (Å²) in [6.45, 7) is 3.02. The Labute approximate surface area is 120 Å². The van der Waals surface area contributed by atoms with E-state index in [1.807, 2.05) is 24.3 Å². The summed E-state index contributed by atoms with van der Waals surface area (Å²) in [7, 11) is 3.36. The molecule has 0 aliphatic heterocycles. The van der Waals surface area contributed by atoms with Crippen LogP contribution < -0.4 is 14.8 Å². The third kappa shape index (κ3) is 3.31. The molecule has 2 rings (SSSR count). The van der Waals surface area contributed by atoms with Crippen molar-refractivity contribution in [3.8, 4) is 11.5 Å². The predicted octanol–water partition coefficient (Wildman–Crippen LogP) is 3.40. The quantitative estimate of drug-likeness (QED) is 0.873. The molecule has 0 aliphatic carbocycles. The van der Waals surface area contributed by atoms with Gasteiger partial charge >= 0.3 is 0 Å². The Bertz CT molecular complexity index is 472. The van der Waals surface area contributed by atoms with Crippen LogP contribution in [0.4, 0.5) is 0 Å². The summed E-state index contributed by atoms with van der Waals surface area (Å²) in [6, 6.07) is 16.5. The predicted molar refractivity (Wildman–Crippen MR) is 81.5 cm³/mol. The number of hydrogen-bond donors (Lipinski definition) is 1. The first-order valence-corrected chi connectivity index (χ1v) is 6.79. The van der Waals surface area contributed by atoms with Crippen molar-refractivity contribution in [2.24, 2.45) is 0 Å². The van der Waals surface area contributed by atoms with E-state index in [-0.39, 0.29) is 6.04 Å². The second kappa shape index (κ2) is 6.96. The highest BCUT2D eigenvalue weighted by atomic mass is 16.5. The van der Waals surface area contributed by atoms with Gasteiger partial charge in [-0.3, -0.25) is 0 Å². The summed E-state index contributed by atoms with van der Waals surface area (Å²) in [5.41, 5.74) is 2.44. The molecule has 0 spiro atoms. The summed E-state index contributed by atoms with van der Waals surface area (Å²) < 4.78 is 10.4. The molecule has 0 atom stereocenters. The molecule has 0 saturated carbocycles. The van der Waals surface area contributed by atoms with Gasteiger partial charge in [0.1, 0.15) is 11.5 Å². The number of benzene rings is 2. The number of methoxy groups -OCH3 is 2. The zero-order chi connectivity index (χ0) is 14.4. The maximum atomic E-state index is 5.21. The fourth-order valence-electron chi connectivity index (χ4n) is 2.22. The molecule has 3 nitrogen and oxygen atoms in total. The average molecular weight is 271 g/mol. The molecule has 20 heavy (non-hydrogen) atoms. The minimum Gasteiger partial charge on any atom is -0.497 e. The molecule has 0 aromatic heterocycles. The van der Waals surface area contributed by atoms with Crippen LogP contribution in [0.5, 0.6) is 11.5 Å². The third-order valence-electron chi connectivity index (χ3n) is 3.31. The van der Waals surface area contributed by atoms with E-state index in [2.05, 4.69) is 36.5 Å². The van der Waals surface area contributed by atoms with Crippen LogP contribution in [0, 0.1) is 0 Å². The van der Waals surface area contributed by atoms with Gasteiger partial charge in [0.05, 0.1) is 20.3 Å². The maximum Gasteiger partial charge on any atom is 0.118 e. The van der Waals surface area contributed by atoms with E-state index in [1.54, 1.807) is 14.2 Å². The first-order valence-electron chi connectivity index (χ1n) is 6.79. The lowest BCUT2D eigenvalue weighted by Gasteiger charge is -2.19. The SMILES string of the molecule is CCNC(c1ccc(OC)cc1)c1ccc(OC)cc1. The Balaban J connectivity index is 2.28. The van der Waals surface area contributed by atoms with Crippen molar-refractivity contribution in [1.29, 1.82) is 0 Å². The highest BCUT2D eigenvalue weighted by Crippen LogP contribution is 2.25. The lowest BCUT2D eigenvalue weighted by Crippen LogP contribution is -2.21. The Morgan fingerprint density at radius 1 is 0.800 bits per heavy atom. The monoisotopic (exact) mass is 271 g/mol. The second-order valence-electron chi connectivity index (χ2n) is 4.54. The van der Waals surface area contributed by atoms with Gasteiger partial charge in [0.2, 0.25) is 0 Å². The van der Waals surface area contributed by atoms with Gasteiger partial charge in [-0.2, -0.15) is 0 Å². The number of rotatable bonds is 6. The first kappa shape index (κ1) is 14.4. The van der Waals surface area contributed by atoms with Crippen LogP contribution >= 0.6 is 0 Å². The Morgan fingerprint density at radius 2 is 1.20 bits per heavy atom. The van der Waals surface area contributed by atoms with E-state index in [0.717, 1.165) is 18.0 Å². The Hall–Kier alpha value is -2.00. The zero-order valence-electron chi connectivity index (χ0n) is 12.2. The molecule has 2 aromatic carbocycles. The summed E-state index contributed by atoms with van der Waals surface area (Å²) in [4.78, 5) is 0. The van der Waals surface area contributed by atoms with Crippen LogP contribution in [0.25, 0.3) is 0 Å². The minimum atomic E-state index is 0.178. The molecule has 106 valence electrons. The molecule has 0 bridgehead atoms. The highest BCUT2D eigenvalue weighted by molar-refractivity contribution is 5.37. The largest absolute Gasteiger partial charge is 0.497 e. The average Bonchev–Trinajstić information content (AvgIpc) is 2.53. The lowest BCUT2D eigenvalue weighted by molar-refractivity contribution is 0.414. The summed E-state index contributed by atoms with van der Waals surface area (Å²) in [5.74, 6) is 1.75. The first-order chi connectivity index (χ1) is 9.78. The molecule has 0 fully saturated rings. The number of ether oxygens (including phenoxy) is 2. The molecule has 2 aromatic rings. The van der Waals surface area contributed by atoms with Gasteiger partial charge < -0.3 is 14.8 Å². The van der Waals surface area contributed by atoms with Crippen LogP contribution in [-0.4, -0.2) is 20.8 Å². The fraction of sp³-hybridized carbons (Fsp3) is 0.294. The topological polar surface area (TPSA) is 30.5 Å².